The molecule has 0 unspecified atom stereocenters. The summed E-state index contributed by atoms with van der Waals surface area (Å²) in [6, 6.07) is 12.5. The van der Waals surface area contributed by atoms with E-state index in [4.69, 9.17) is 9.47 Å². The van der Waals surface area contributed by atoms with E-state index in [9.17, 15) is 9.59 Å². The minimum absolute atomic E-state index is 0.142. The standard InChI is InChI=1S/C18H18N2O4/c1-11-18(22)20-15-10-13(5-8-16(15)24-11)19-17(21)9-12-3-6-14(23-2)7-4-12/h3-8,10-11H,9H2,1-2H3,(H,19,21)(H,20,22)/t11-/m0/s1. The molecule has 0 spiro atoms. The lowest BCUT2D eigenvalue weighted by Gasteiger charge is -2.23. The van der Waals surface area contributed by atoms with E-state index in [0.717, 1.165) is 11.3 Å². The molecule has 6 nitrogen and oxygen atoms in total. The molecule has 0 aromatic heterocycles. The summed E-state index contributed by atoms with van der Waals surface area (Å²) in [6.45, 7) is 1.68. The van der Waals surface area contributed by atoms with Crippen molar-refractivity contribution in [3.05, 3.63) is 48.0 Å². The molecule has 0 saturated carbocycles. The van der Waals surface area contributed by atoms with Gasteiger partial charge >= 0.3 is 0 Å². The van der Waals surface area contributed by atoms with E-state index in [2.05, 4.69) is 10.6 Å². The predicted molar refractivity (Wildman–Crippen MR) is 90.5 cm³/mol. The van der Waals surface area contributed by atoms with Gasteiger partial charge in [0.25, 0.3) is 5.91 Å². The Balaban J connectivity index is 1.66. The molecule has 1 aliphatic heterocycles. The molecule has 0 radical (unpaired) electrons. The number of carbonyl (C=O) groups is 2. The van der Waals surface area contributed by atoms with Crippen molar-refractivity contribution < 1.29 is 19.1 Å². The van der Waals surface area contributed by atoms with Crippen LogP contribution in [0.2, 0.25) is 0 Å². The van der Waals surface area contributed by atoms with Crippen molar-refractivity contribution in [2.45, 2.75) is 19.4 Å². The fraction of sp³-hybridized carbons (Fsp3) is 0.222. The van der Waals surface area contributed by atoms with Crippen molar-refractivity contribution in [1.29, 1.82) is 0 Å². The van der Waals surface area contributed by atoms with E-state index < -0.39 is 6.10 Å². The summed E-state index contributed by atoms with van der Waals surface area (Å²) in [7, 11) is 1.60. The summed E-state index contributed by atoms with van der Waals surface area (Å²) in [5, 5.41) is 5.57. The molecule has 0 saturated heterocycles. The first-order valence-electron chi connectivity index (χ1n) is 7.59. The highest BCUT2D eigenvalue weighted by atomic mass is 16.5. The highest BCUT2D eigenvalue weighted by Gasteiger charge is 2.23. The first-order valence-corrected chi connectivity index (χ1v) is 7.59. The number of rotatable bonds is 4. The van der Waals surface area contributed by atoms with Gasteiger partial charge in [0.1, 0.15) is 11.5 Å². The second-order valence-electron chi connectivity index (χ2n) is 5.53. The summed E-state index contributed by atoms with van der Waals surface area (Å²) in [6.07, 6.45) is -0.269. The zero-order chi connectivity index (χ0) is 17.1. The maximum absolute atomic E-state index is 12.2. The normalized spacial score (nSPS) is 15.8. The lowest BCUT2D eigenvalue weighted by atomic mass is 10.1. The molecule has 1 aliphatic rings. The number of carbonyl (C=O) groups excluding carboxylic acids is 2. The smallest absolute Gasteiger partial charge is 0.265 e. The minimum Gasteiger partial charge on any atom is -0.497 e. The van der Waals surface area contributed by atoms with Gasteiger partial charge in [0.05, 0.1) is 19.2 Å². The van der Waals surface area contributed by atoms with Gasteiger partial charge in [-0.05, 0) is 42.8 Å². The van der Waals surface area contributed by atoms with Crippen molar-refractivity contribution in [3.63, 3.8) is 0 Å². The number of hydrogen-bond donors (Lipinski definition) is 2. The average molecular weight is 326 g/mol. The SMILES string of the molecule is COc1ccc(CC(=O)Nc2ccc3c(c2)NC(=O)[C@H](C)O3)cc1. The number of methoxy groups -OCH3 is 1. The van der Waals surface area contributed by atoms with E-state index >= 15 is 0 Å². The molecule has 24 heavy (non-hydrogen) atoms. The third-order valence-electron chi connectivity index (χ3n) is 3.72. The highest BCUT2D eigenvalue weighted by Crippen LogP contribution is 2.32. The maximum Gasteiger partial charge on any atom is 0.265 e. The third-order valence-corrected chi connectivity index (χ3v) is 3.72. The molecule has 2 aromatic rings. The molecule has 0 bridgehead atoms. The highest BCUT2D eigenvalue weighted by molar-refractivity contribution is 5.99. The quantitative estimate of drug-likeness (QED) is 0.905. The van der Waals surface area contributed by atoms with Gasteiger partial charge in [-0.25, -0.2) is 0 Å². The van der Waals surface area contributed by atoms with E-state index in [1.807, 2.05) is 24.3 Å². The van der Waals surface area contributed by atoms with Gasteiger partial charge in [0.15, 0.2) is 6.10 Å². The van der Waals surface area contributed by atoms with Gasteiger partial charge in [0.2, 0.25) is 5.91 Å². The van der Waals surface area contributed by atoms with Crippen LogP contribution >= 0.6 is 0 Å². The van der Waals surface area contributed by atoms with Crippen LogP contribution in [0, 0.1) is 0 Å². The molecule has 1 heterocycles. The molecule has 1 atom stereocenters. The Labute approximate surface area is 139 Å². The fourth-order valence-electron chi connectivity index (χ4n) is 2.42. The van der Waals surface area contributed by atoms with Gasteiger partial charge in [-0.2, -0.15) is 0 Å². The van der Waals surface area contributed by atoms with Crippen molar-refractivity contribution in [1.82, 2.24) is 0 Å². The second-order valence-corrected chi connectivity index (χ2v) is 5.53. The van der Waals surface area contributed by atoms with Crippen molar-refractivity contribution in [2.75, 3.05) is 17.7 Å². The van der Waals surface area contributed by atoms with Crippen LogP contribution in [0.15, 0.2) is 42.5 Å². The molecule has 6 heteroatoms. The molecular formula is C18H18N2O4. The van der Waals surface area contributed by atoms with Crippen molar-refractivity contribution in [3.8, 4) is 11.5 Å². The molecule has 2 aromatic carbocycles. The van der Waals surface area contributed by atoms with Crippen LogP contribution in [-0.4, -0.2) is 25.0 Å². The molecule has 0 fully saturated rings. The summed E-state index contributed by atoms with van der Waals surface area (Å²) in [5.41, 5.74) is 2.04. The van der Waals surface area contributed by atoms with Gasteiger partial charge in [-0.1, -0.05) is 12.1 Å². The average Bonchev–Trinajstić information content (AvgIpc) is 2.57. The summed E-state index contributed by atoms with van der Waals surface area (Å²) in [5.74, 6) is 0.995. The van der Waals surface area contributed by atoms with E-state index in [0.29, 0.717) is 17.1 Å². The lowest BCUT2D eigenvalue weighted by molar-refractivity contribution is -0.122. The first-order chi connectivity index (χ1) is 11.5. The van der Waals surface area contributed by atoms with Crippen molar-refractivity contribution >= 4 is 23.2 Å². The van der Waals surface area contributed by atoms with E-state index in [1.165, 1.54) is 0 Å². The Bertz CT molecular complexity index is 771. The van der Waals surface area contributed by atoms with Gasteiger partial charge in [-0.15, -0.1) is 0 Å². The molecule has 2 amide bonds. The first kappa shape index (κ1) is 15.9. The Hall–Kier alpha value is -3.02. The zero-order valence-electron chi connectivity index (χ0n) is 13.5. The predicted octanol–water partition coefficient (Wildman–Crippen LogP) is 2.60. The topological polar surface area (TPSA) is 76.7 Å². The second kappa shape index (κ2) is 6.62. The van der Waals surface area contributed by atoms with Crippen LogP contribution in [-0.2, 0) is 16.0 Å². The number of fused-ring (bicyclic) bond motifs is 1. The minimum atomic E-state index is -0.520. The summed E-state index contributed by atoms with van der Waals surface area (Å²) < 4.78 is 10.6. The van der Waals surface area contributed by atoms with Gasteiger partial charge in [0, 0.05) is 5.69 Å². The lowest BCUT2D eigenvalue weighted by Crippen LogP contribution is -2.34. The van der Waals surface area contributed by atoms with Crippen LogP contribution in [0.5, 0.6) is 11.5 Å². The van der Waals surface area contributed by atoms with Gasteiger partial charge in [-0.3, -0.25) is 9.59 Å². The van der Waals surface area contributed by atoms with E-state index in [-0.39, 0.29) is 18.2 Å². The number of hydrogen-bond acceptors (Lipinski definition) is 4. The van der Waals surface area contributed by atoms with Crippen LogP contribution < -0.4 is 20.1 Å². The largest absolute Gasteiger partial charge is 0.497 e. The monoisotopic (exact) mass is 326 g/mol. The third kappa shape index (κ3) is 3.48. The molecular weight excluding hydrogens is 308 g/mol. The number of amides is 2. The number of anilines is 2. The van der Waals surface area contributed by atoms with Gasteiger partial charge < -0.3 is 20.1 Å². The number of benzene rings is 2. The number of ether oxygens (including phenoxy) is 2. The zero-order valence-corrected chi connectivity index (χ0v) is 13.5. The molecule has 0 aliphatic carbocycles. The van der Waals surface area contributed by atoms with Crippen molar-refractivity contribution in [2.24, 2.45) is 0 Å². The summed E-state index contributed by atoms with van der Waals surface area (Å²) >= 11 is 0. The van der Waals surface area contributed by atoms with Crippen LogP contribution in [0.4, 0.5) is 11.4 Å². The van der Waals surface area contributed by atoms with Crippen LogP contribution in [0.3, 0.4) is 0 Å². The molecule has 3 rings (SSSR count). The maximum atomic E-state index is 12.2. The number of nitrogens with one attached hydrogen (secondary N) is 2. The van der Waals surface area contributed by atoms with E-state index in [1.54, 1.807) is 32.2 Å². The molecule has 2 N–H and O–H groups in total. The molecule has 124 valence electrons. The fourth-order valence-corrected chi connectivity index (χ4v) is 2.42. The van der Waals surface area contributed by atoms with Crippen LogP contribution in [0.1, 0.15) is 12.5 Å². The Kier molecular flexibility index (Phi) is 4.37. The Morgan fingerprint density at radius 2 is 2.00 bits per heavy atom. The Morgan fingerprint density at radius 3 is 2.71 bits per heavy atom. The Morgan fingerprint density at radius 1 is 1.25 bits per heavy atom. The van der Waals surface area contributed by atoms with Crippen LogP contribution in [0.25, 0.3) is 0 Å². The summed E-state index contributed by atoms with van der Waals surface area (Å²) in [4.78, 5) is 23.8.